The van der Waals surface area contributed by atoms with Crippen molar-refractivity contribution >= 4 is 11.7 Å². The summed E-state index contributed by atoms with van der Waals surface area (Å²) in [5.41, 5.74) is 9.32. The molecule has 0 aliphatic heterocycles. The molecule has 4 heteroatoms. The second-order valence-corrected chi connectivity index (χ2v) is 6.75. The van der Waals surface area contributed by atoms with E-state index in [0.29, 0.717) is 12.0 Å². The number of amides is 1. The van der Waals surface area contributed by atoms with Crippen LogP contribution >= 0.6 is 0 Å². The molecule has 0 saturated carbocycles. The lowest BCUT2D eigenvalue weighted by Crippen LogP contribution is -2.27. The molecular formula is C18H19N2O2. The van der Waals surface area contributed by atoms with Crippen molar-refractivity contribution in [1.29, 1.82) is 0 Å². The molecule has 2 N–H and O–H groups in total. The van der Waals surface area contributed by atoms with Crippen LogP contribution in [0.3, 0.4) is 0 Å². The minimum Gasteiger partial charge on any atom is -0.366 e. The third kappa shape index (κ3) is 2.34. The molecule has 3 rings (SSSR count). The highest BCUT2D eigenvalue weighted by Gasteiger charge is 2.34. The number of aryl methyl sites for hydroxylation is 1. The zero-order valence-corrected chi connectivity index (χ0v) is 13.1. The van der Waals surface area contributed by atoms with Gasteiger partial charge >= 0.3 is 0 Å². The summed E-state index contributed by atoms with van der Waals surface area (Å²) >= 11 is 0. The van der Waals surface area contributed by atoms with Crippen molar-refractivity contribution in [3.8, 4) is 5.69 Å². The second kappa shape index (κ2) is 4.83. The van der Waals surface area contributed by atoms with Crippen LogP contribution in [0.5, 0.6) is 0 Å². The fraction of sp³-hybridized carbons (Fsp3) is 0.333. The van der Waals surface area contributed by atoms with Crippen LogP contribution in [0.25, 0.3) is 5.69 Å². The third-order valence-electron chi connectivity index (χ3n) is 4.19. The van der Waals surface area contributed by atoms with Crippen molar-refractivity contribution in [3.63, 3.8) is 0 Å². The van der Waals surface area contributed by atoms with E-state index in [1.165, 1.54) is 0 Å². The minimum atomic E-state index is -0.467. The van der Waals surface area contributed by atoms with Crippen molar-refractivity contribution < 1.29 is 9.59 Å². The van der Waals surface area contributed by atoms with Gasteiger partial charge in [-0.15, -0.1) is 0 Å². The van der Waals surface area contributed by atoms with E-state index in [0.717, 1.165) is 29.1 Å². The molecule has 1 heterocycles. The Hall–Kier alpha value is -2.36. The molecule has 0 atom stereocenters. The van der Waals surface area contributed by atoms with Gasteiger partial charge in [0.15, 0.2) is 5.78 Å². The van der Waals surface area contributed by atoms with Gasteiger partial charge in [-0.25, -0.2) is 0 Å². The van der Waals surface area contributed by atoms with Crippen LogP contribution < -0.4 is 5.73 Å². The first-order valence-electron chi connectivity index (χ1n) is 7.35. The highest BCUT2D eigenvalue weighted by atomic mass is 16.1. The average molecular weight is 295 g/mol. The van der Waals surface area contributed by atoms with Crippen LogP contribution in [-0.2, 0) is 6.42 Å². The summed E-state index contributed by atoms with van der Waals surface area (Å²) in [6.45, 7) is 6.20. The number of aromatic nitrogens is 1. The first-order valence-corrected chi connectivity index (χ1v) is 7.35. The number of hydrogen-bond donors (Lipinski definition) is 1. The van der Waals surface area contributed by atoms with Crippen molar-refractivity contribution in [3.05, 3.63) is 52.8 Å². The Morgan fingerprint density at radius 1 is 1.32 bits per heavy atom. The summed E-state index contributed by atoms with van der Waals surface area (Å²) in [6.07, 6.45) is 1.42. The predicted octanol–water partition coefficient (Wildman–Crippen LogP) is 2.84. The van der Waals surface area contributed by atoms with Crippen molar-refractivity contribution in [2.45, 2.75) is 33.6 Å². The number of Topliss-reactive ketones (excluding diaryl/α,β-unsaturated/α-hetero) is 1. The molecule has 1 amide bonds. The van der Waals surface area contributed by atoms with E-state index in [1.54, 1.807) is 12.1 Å². The number of nitrogens with two attached hydrogens (primary N) is 1. The number of hydrogen-bond acceptors (Lipinski definition) is 2. The summed E-state index contributed by atoms with van der Waals surface area (Å²) < 4.78 is 2.05. The first-order chi connectivity index (χ1) is 10.3. The molecule has 0 spiro atoms. The number of carbonyl (C=O) groups excluding carboxylic acids is 2. The number of ketones is 1. The van der Waals surface area contributed by atoms with E-state index < -0.39 is 5.91 Å². The normalized spacial score (nSPS) is 16.4. The average Bonchev–Trinajstić information content (AvgIpc) is 2.74. The quantitative estimate of drug-likeness (QED) is 0.926. The molecular weight excluding hydrogens is 276 g/mol. The van der Waals surface area contributed by atoms with E-state index in [2.05, 4.69) is 24.5 Å². The summed E-state index contributed by atoms with van der Waals surface area (Å²) in [5.74, 6) is -0.271. The number of fused-ring (bicyclic) bond motifs is 1. The first kappa shape index (κ1) is 14.6. The SMILES string of the molecule is Cc1cc2c(n1-c1[c]cc(C(N)=O)cc1)CC(C)(C)CC2=O. The van der Waals surface area contributed by atoms with E-state index in [-0.39, 0.29) is 11.2 Å². The van der Waals surface area contributed by atoms with E-state index in [9.17, 15) is 9.59 Å². The van der Waals surface area contributed by atoms with E-state index >= 15 is 0 Å². The lowest BCUT2D eigenvalue weighted by Gasteiger charge is -2.29. The predicted molar refractivity (Wildman–Crippen MR) is 84.3 cm³/mol. The number of rotatable bonds is 2. The molecule has 0 unspecified atom stereocenters. The lowest BCUT2D eigenvalue weighted by atomic mass is 9.76. The molecule has 0 fully saturated rings. The van der Waals surface area contributed by atoms with Gasteiger partial charge in [-0.1, -0.05) is 13.8 Å². The fourth-order valence-electron chi connectivity index (χ4n) is 3.20. The summed E-state index contributed by atoms with van der Waals surface area (Å²) in [6, 6.07) is 10.2. The molecule has 1 aromatic heterocycles. The molecule has 1 aliphatic carbocycles. The largest absolute Gasteiger partial charge is 0.366 e. The Bertz CT molecular complexity index is 767. The number of nitrogens with zero attached hydrogens (tertiary/aromatic N) is 1. The fourth-order valence-corrected chi connectivity index (χ4v) is 3.20. The Labute approximate surface area is 129 Å². The maximum atomic E-state index is 12.4. The van der Waals surface area contributed by atoms with Crippen LogP contribution in [-0.4, -0.2) is 16.3 Å². The highest BCUT2D eigenvalue weighted by molar-refractivity contribution is 5.99. The van der Waals surface area contributed by atoms with Gasteiger partial charge in [0.1, 0.15) is 0 Å². The Kier molecular flexibility index (Phi) is 3.20. The van der Waals surface area contributed by atoms with Gasteiger partial charge in [-0.2, -0.15) is 0 Å². The van der Waals surface area contributed by atoms with Crippen molar-refractivity contribution in [2.75, 3.05) is 0 Å². The second-order valence-electron chi connectivity index (χ2n) is 6.75. The number of carbonyl (C=O) groups is 2. The zero-order valence-electron chi connectivity index (χ0n) is 13.1. The molecule has 2 aromatic rings. The Balaban J connectivity index is 2.12. The number of benzene rings is 1. The topological polar surface area (TPSA) is 65.1 Å². The monoisotopic (exact) mass is 295 g/mol. The smallest absolute Gasteiger partial charge is 0.248 e. The van der Waals surface area contributed by atoms with Crippen LogP contribution in [0.15, 0.2) is 24.3 Å². The molecule has 22 heavy (non-hydrogen) atoms. The molecule has 113 valence electrons. The van der Waals surface area contributed by atoms with Gasteiger partial charge in [0.25, 0.3) is 0 Å². The van der Waals surface area contributed by atoms with Gasteiger partial charge < -0.3 is 10.3 Å². The molecule has 0 bridgehead atoms. The van der Waals surface area contributed by atoms with Gasteiger partial charge in [0.05, 0.1) is 5.69 Å². The number of primary amides is 1. The summed E-state index contributed by atoms with van der Waals surface area (Å²) in [5, 5.41) is 0. The van der Waals surface area contributed by atoms with Crippen molar-refractivity contribution in [1.82, 2.24) is 4.57 Å². The van der Waals surface area contributed by atoms with Crippen LogP contribution in [0.1, 0.15) is 52.4 Å². The van der Waals surface area contributed by atoms with Crippen LogP contribution in [0.2, 0.25) is 0 Å². The lowest BCUT2D eigenvalue weighted by molar-refractivity contribution is 0.0910. The summed E-state index contributed by atoms with van der Waals surface area (Å²) in [7, 11) is 0. The van der Waals surface area contributed by atoms with Crippen LogP contribution in [0, 0.1) is 18.4 Å². The van der Waals surface area contributed by atoms with E-state index in [1.807, 2.05) is 19.1 Å². The third-order valence-corrected chi connectivity index (χ3v) is 4.19. The summed E-state index contributed by atoms with van der Waals surface area (Å²) in [4.78, 5) is 23.5. The molecule has 0 saturated heterocycles. The molecule has 4 nitrogen and oxygen atoms in total. The van der Waals surface area contributed by atoms with Crippen molar-refractivity contribution in [2.24, 2.45) is 11.1 Å². The van der Waals surface area contributed by atoms with Gasteiger partial charge in [-0.3, -0.25) is 9.59 Å². The maximum absolute atomic E-state index is 12.4. The minimum absolute atomic E-state index is 0.0419. The molecule has 1 radical (unpaired) electrons. The van der Waals surface area contributed by atoms with Crippen LogP contribution in [0.4, 0.5) is 0 Å². The van der Waals surface area contributed by atoms with Gasteiger partial charge in [0.2, 0.25) is 5.91 Å². The molecule has 1 aliphatic rings. The van der Waals surface area contributed by atoms with Gasteiger partial charge in [0, 0.05) is 35.0 Å². The highest BCUT2D eigenvalue weighted by Crippen LogP contribution is 2.37. The standard InChI is InChI=1S/C18H19N2O2/c1-11-8-14-15(9-18(2,3)10-16(14)21)20(11)13-6-4-12(5-7-13)17(19)22/h4-6,8H,9-10H2,1-3H3,(H2,19,22). The van der Waals surface area contributed by atoms with Gasteiger partial charge in [-0.05, 0) is 43.0 Å². The maximum Gasteiger partial charge on any atom is 0.248 e. The Morgan fingerprint density at radius 2 is 2.05 bits per heavy atom. The van der Waals surface area contributed by atoms with E-state index in [4.69, 9.17) is 5.73 Å². The Morgan fingerprint density at radius 3 is 2.64 bits per heavy atom. The zero-order chi connectivity index (χ0) is 16.1. The molecule has 1 aromatic carbocycles.